The van der Waals surface area contributed by atoms with Crippen LogP contribution in [0.3, 0.4) is 0 Å². The molecule has 0 saturated heterocycles. The maximum Gasteiger partial charge on any atom is 0 e. The van der Waals surface area contributed by atoms with Gasteiger partial charge in [-0.3, -0.25) is 0 Å². The molecule has 2 aromatic carbocycles. The van der Waals surface area contributed by atoms with E-state index in [4.69, 9.17) is 0 Å². The summed E-state index contributed by atoms with van der Waals surface area (Å²) in [6.45, 7) is 4.48. The molecule has 84 valence electrons. The summed E-state index contributed by atoms with van der Waals surface area (Å²) in [5.41, 5.74) is 4.08. The van der Waals surface area contributed by atoms with Crippen LogP contribution < -0.4 is 0 Å². The molecule has 1 heteroatoms. The SMILES string of the molecule is CC(C)c1ccccc1-c1ccccc1.[Ar]. The zero-order valence-corrected chi connectivity index (χ0v) is 10.3. The first-order valence-electron chi connectivity index (χ1n) is 5.43. The Balaban J connectivity index is 0.00000128. The van der Waals surface area contributed by atoms with Crippen molar-refractivity contribution in [2.75, 3.05) is 0 Å². The fourth-order valence-electron chi connectivity index (χ4n) is 1.88. The van der Waals surface area contributed by atoms with Crippen LogP contribution in [-0.2, 0) is 0 Å². The smallest absolute Gasteiger partial charge is 0 e. The van der Waals surface area contributed by atoms with Gasteiger partial charge < -0.3 is 0 Å². The van der Waals surface area contributed by atoms with Crippen molar-refractivity contribution in [3.8, 4) is 11.1 Å². The second-order valence-electron chi connectivity index (χ2n) is 4.11. The van der Waals surface area contributed by atoms with Gasteiger partial charge in [0.25, 0.3) is 0 Å². The summed E-state index contributed by atoms with van der Waals surface area (Å²) in [6.07, 6.45) is 0. The molecular weight excluding hydrogens is 220 g/mol. The van der Waals surface area contributed by atoms with E-state index in [1.54, 1.807) is 0 Å². The van der Waals surface area contributed by atoms with E-state index in [1.165, 1.54) is 16.7 Å². The third-order valence-corrected chi connectivity index (χ3v) is 2.67. The molecule has 0 aromatic heterocycles. The van der Waals surface area contributed by atoms with E-state index in [0.29, 0.717) is 5.92 Å². The Morgan fingerprint density at radius 3 is 1.94 bits per heavy atom. The number of hydrogen-bond donors (Lipinski definition) is 0. The van der Waals surface area contributed by atoms with Crippen molar-refractivity contribution in [3.63, 3.8) is 0 Å². The summed E-state index contributed by atoms with van der Waals surface area (Å²) in [7, 11) is 0. The fourth-order valence-corrected chi connectivity index (χ4v) is 1.88. The summed E-state index contributed by atoms with van der Waals surface area (Å²) in [6, 6.07) is 19.2. The van der Waals surface area contributed by atoms with Gasteiger partial charge in [-0.15, -0.1) is 0 Å². The van der Waals surface area contributed by atoms with Gasteiger partial charge in [0.05, 0.1) is 0 Å². The monoisotopic (exact) mass is 236 g/mol. The minimum atomic E-state index is 0. The van der Waals surface area contributed by atoms with Crippen LogP contribution in [0.5, 0.6) is 0 Å². The maximum absolute atomic E-state index is 2.24. The van der Waals surface area contributed by atoms with Crippen molar-refractivity contribution >= 4 is 0 Å². The Morgan fingerprint density at radius 2 is 1.31 bits per heavy atom. The Kier molecular flexibility index (Phi) is 5.54. The van der Waals surface area contributed by atoms with Crippen molar-refractivity contribution in [3.05, 3.63) is 60.2 Å². The molecule has 0 radical (unpaired) electrons. The summed E-state index contributed by atoms with van der Waals surface area (Å²) in [5.74, 6) is 0.571. The predicted molar refractivity (Wildman–Crippen MR) is 66.0 cm³/mol. The van der Waals surface area contributed by atoms with Crippen LogP contribution in [0.25, 0.3) is 11.1 Å². The fraction of sp³-hybridized carbons (Fsp3) is 0.200. The van der Waals surface area contributed by atoms with Crippen LogP contribution >= 0.6 is 0 Å². The standard InChI is InChI=1S/C15H16.Ar/c1-12(2)14-10-6-7-11-15(14)13-8-4-3-5-9-13;/h3-12H,1-2H3;. The van der Waals surface area contributed by atoms with Gasteiger partial charge in [-0.1, -0.05) is 68.4 Å². The first kappa shape index (κ1) is 13.8. The molecule has 0 unspecified atom stereocenters. The molecule has 0 aliphatic carbocycles. The molecule has 0 saturated carbocycles. The van der Waals surface area contributed by atoms with Crippen molar-refractivity contribution in [1.29, 1.82) is 0 Å². The predicted octanol–water partition coefficient (Wildman–Crippen LogP) is 4.48. The van der Waals surface area contributed by atoms with Crippen LogP contribution in [0.2, 0.25) is 0 Å². The number of hydrogen-bond acceptors (Lipinski definition) is 0. The largest absolute Gasteiger partial charge is 0.0622 e. The molecular formula is C15H16Ar. The van der Waals surface area contributed by atoms with Gasteiger partial charge in [0, 0.05) is 37.7 Å². The van der Waals surface area contributed by atoms with Crippen molar-refractivity contribution in [2.24, 2.45) is 0 Å². The molecule has 0 heterocycles. The average Bonchev–Trinajstić information content (AvgIpc) is 2.30. The minimum absolute atomic E-state index is 0. The zero-order chi connectivity index (χ0) is 10.7. The van der Waals surface area contributed by atoms with E-state index < -0.39 is 0 Å². The topological polar surface area (TPSA) is 0 Å². The Bertz CT molecular complexity index is 432. The molecule has 0 atom stereocenters. The quantitative estimate of drug-likeness (QED) is 0.721. The zero-order valence-electron chi connectivity index (χ0n) is 9.63. The Morgan fingerprint density at radius 1 is 0.750 bits per heavy atom. The molecule has 0 spiro atoms. The molecule has 2 rings (SSSR count). The third kappa shape index (κ3) is 3.10. The molecule has 16 heavy (non-hydrogen) atoms. The van der Waals surface area contributed by atoms with Gasteiger partial charge in [0.2, 0.25) is 0 Å². The van der Waals surface area contributed by atoms with Gasteiger partial charge in [-0.05, 0) is 22.6 Å². The molecule has 0 amide bonds. The Labute approximate surface area is 128 Å². The van der Waals surface area contributed by atoms with Gasteiger partial charge in [-0.25, -0.2) is 0 Å². The van der Waals surface area contributed by atoms with Crippen LogP contribution in [0.4, 0.5) is 0 Å². The molecule has 0 N–H and O–H groups in total. The molecule has 0 fully saturated rings. The van der Waals surface area contributed by atoms with Crippen LogP contribution in [0.15, 0.2) is 54.6 Å². The second-order valence-corrected chi connectivity index (χ2v) is 4.11. The van der Waals surface area contributed by atoms with Crippen LogP contribution in [0, 0.1) is 37.7 Å². The summed E-state index contributed by atoms with van der Waals surface area (Å²) in [4.78, 5) is 0. The third-order valence-electron chi connectivity index (χ3n) is 2.67. The first-order valence-corrected chi connectivity index (χ1v) is 5.43. The summed E-state index contributed by atoms with van der Waals surface area (Å²) in [5, 5.41) is 0. The summed E-state index contributed by atoms with van der Waals surface area (Å²) < 4.78 is 0. The van der Waals surface area contributed by atoms with E-state index in [2.05, 4.69) is 68.4 Å². The van der Waals surface area contributed by atoms with Gasteiger partial charge in [0.15, 0.2) is 0 Å². The first-order chi connectivity index (χ1) is 7.29. The second kappa shape index (κ2) is 6.44. The minimum Gasteiger partial charge on any atom is -0.0622 e. The molecule has 0 aliphatic heterocycles. The van der Waals surface area contributed by atoms with Gasteiger partial charge in [-0.2, -0.15) is 0 Å². The van der Waals surface area contributed by atoms with Crippen molar-refractivity contribution in [2.45, 2.75) is 19.8 Å². The van der Waals surface area contributed by atoms with E-state index in [0.717, 1.165) is 0 Å². The van der Waals surface area contributed by atoms with Crippen LogP contribution in [-0.4, -0.2) is 0 Å². The number of benzene rings is 2. The van der Waals surface area contributed by atoms with E-state index in [1.807, 2.05) is 0 Å². The molecule has 0 nitrogen and oxygen atoms in total. The van der Waals surface area contributed by atoms with Crippen molar-refractivity contribution in [1.82, 2.24) is 0 Å². The van der Waals surface area contributed by atoms with E-state index in [9.17, 15) is 0 Å². The van der Waals surface area contributed by atoms with Gasteiger partial charge >= 0.3 is 0 Å². The van der Waals surface area contributed by atoms with Crippen LogP contribution in [0.1, 0.15) is 25.3 Å². The molecule has 0 aliphatic rings. The normalized spacial score (nSPS) is 9.94. The Hall–Kier alpha value is -0.300. The van der Waals surface area contributed by atoms with E-state index >= 15 is 0 Å². The van der Waals surface area contributed by atoms with Crippen molar-refractivity contribution < 1.29 is 37.7 Å². The molecule has 2 aromatic rings. The maximum atomic E-state index is 2.24. The summed E-state index contributed by atoms with van der Waals surface area (Å²) >= 11 is 0. The number of rotatable bonds is 2. The average molecular weight is 236 g/mol. The van der Waals surface area contributed by atoms with Gasteiger partial charge in [0.1, 0.15) is 0 Å². The molecule has 0 bridgehead atoms. The van der Waals surface area contributed by atoms with E-state index in [-0.39, 0.29) is 37.7 Å².